The lowest BCUT2D eigenvalue weighted by Crippen LogP contribution is -2.58. The largest absolute Gasteiger partial charge is 0.349 e. The van der Waals surface area contributed by atoms with Crippen molar-refractivity contribution in [1.29, 1.82) is 0 Å². The fourth-order valence-corrected chi connectivity index (χ4v) is 4.56. The normalized spacial score (nSPS) is 22.9. The Hall–Kier alpha value is -1.36. The van der Waals surface area contributed by atoms with Crippen LogP contribution in [-0.2, 0) is 11.3 Å². The van der Waals surface area contributed by atoms with E-state index < -0.39 is 0 Å². The molecule has 1 saturated carbocycles. The van der Waals surface area contributed by atoms with Crippen molar-refractivity contribution in [2.24, 2.45) is 11.8 Å². The van der Waals surface area contributed by atoms with E-state index in [1.807, 2.05) is 20.0 Å². The van der Waals surface area contributed by atoms with Crippen LogP contribution in [0.4, 0.5) is 0 Å². The first-order valence-corrected chi connectivity index (χ1v) is 10.5. The lowest BCUT2D eigenvalue weighted by Gasteiger charge is -2.44. The quantitative estimate of drug-likeness (QED) is 0.846. The molecule has 1 atom stereocenters. The van der Waals surface area contributed by atoms with Gasteiger partial charge in [-0.15, -0.1) is 0 Å². The van der Waals surface area contributed by atoms with Gasteiger partial charge in [-0.05, 0) is 51.6 Å². The molecule has 5 nitrogen and oxygen atoms in total. The second-order valence-electron chi connectivity index (χ2n) is 8.82. The van der Waals surface area contributed by atoms with Gasteiger partial charge in [0, 0.05) is 25.5 Å². The number of hydrogen-bond donors (Lipinski definition) is 1. The van der Waals surface area contributed by atoms with Gasteiger partial charge in [-0.25, -0.2) is 4.98 Å². The summed E-state index contributed by atoms with van der Waals surface area (Å²) in [7, 11) is 0. The highest BCUT2D eigenvalue weighted by atomic mass is 16.2. The number of aryl methyl sites for hydroxylation is 1. The molecule has 1 aliphatic heterocycles. The van der Waals surface area contributed by atoms with Gasteiger partial charge in [0.05, 0.1) is 11.5 Å². The van der Waals surface area contributed by atoms with Crippen LogP contribution in [0.1, 0.15) is 64.6 Å². The predicted molar refractivity (Wildman–Crippen MR) is 105 cm³/mol. The molecule has 2 aliphatic rings. The van der Waals surface area contributed by atoms with Crippen LogP contribution in [0.15, 0.2) is 12.4 Å². The van der Waals surface area contributed by atoms with Gasteiger partial charge >= 0.3 is 0 Å². The molecular formula is C21H36N4O. The maximum atomic E-state index is 13.0. The number of imidazole rings is 1. The molecule has 1 aromatic heterocycles. The second-order valence-corrected chi connectivity index (χ2v) is 8.82. The zero-order chi connectivity index (χ0) is 18.6. The first kappa shape index (κ1) is 19.4. The molecule has 1 aliphatic carbocycles. The summed E-state index contributed by atoms with van der Waals surface area (Å²) < 4.78 is 2.07. The standard InChI is InChI=1S/C21H36N4O/c1-17-7-12-24(13-8-17)16-21(9-5-4-6-10-21)23-20(26)18(2)15-25-14-11-22-19(25)3/h11,14,17-18H,4-10,12-13,15-16H2,1-3H3,(H,23,26). The van der Waals surface area contributed by atoms with E-state index in [9.17, 15) is 4.79 Å². The first-order valence-electron chi connectivity index (χ1n) is 10.5. The predicted octanol–water partition coefficient (Wildman–Crippen LogP) is 3.38. The summed E-state index contributed by atoms with van der Waals surface area (Å²) >= 11 is 0. The third kappa shape index (κ3) is 4.87. The van der Waals surface area contributed by atoms with Crippen LogP contribution in [0.5, 0.6) is 0 Å². The van der Waals surface area contributed by atoms with Crippen LogP contribution in [0.25, 0.3) is 0 Å². The van der Waals surface area contributed by atoms with Gasteiger partial charge in [0.2, 0.25) is 5.91 Å². The number of amides is 1. The lowest BCUT2D eigenvalue weighted by atomic mass is 9.80. The van der Waals surface area contributed by atoms with Crippen molar-refractivity contribution in [1.82, 2.24) is 19.8 Å². The number of likely N-dealkylation sites (tertiary alicyclic amines) is 1. The summed E-state index contributed by atoms with van der Waals surface area (Å²) in [6, 6.07) is 0. The Balaban J connectivity index is 1.61. The number of nitrogens with zero attached hydrogens (tertiary/aromatic N) is 3. The molecule has 2 fully saturated rings. The zero-order valence-corrected chi connectivity index (χ0v) is 16.8. The van der Waals surface area contributed by atoms with E-state index in [1.165, 1.54) is 45.2 Å². The number of nitrogens with one attached hydrogen (secondary N) is 1. The van der Waals surface area contributed by atoms with Gasteiger partial charge in [-0.2, -0.15) is 0 Å². The summed E-state index contributed by atoms with van der Waals surface area (Å²) in [5.41, 5.74) is -0.0197. The van der Waals surface area contributed by atoms with E-state index in [1.54, 1.807) is 6.20 Å². The molecule has 146 valence electrons. The number of carbonyl (C=O) groups is 1. The summed E-state index contributed by atoms with van der Waals surface area (Å²) in [6.07, 6.45) is 12.4. The third-order valence-corrected chi connectivity index (χ3v) is 6.44. The Morgan fingerprint density at radius 1 is 1.31 bits per heavy atom. The average Bonchev–Trinajstić information content (AvgIpc) is 3.02. The molecule has 1 unspecified atom stereocenters. The van der Waals surface area contributed by atoms with Crippen molar-refractivity contribution in [2.45, 2.75) is 77.8 Å². The first-order chi connectivity index (χ1) is 12.5. The number of hydrogen-bond acceptors (Lipinski definition) is 3. The van der Waals surface area contributed by atoms with E-state index in [2.05, 4.69) is 26.7 Å². The van der Waals surface area contributed by atoms with Gasteiger partial charge in [-0.3, -0.25) is 4.79 Å². The number of carbonyl (C=O) groups excluding carboxylic acids is 1. The monoisotopic (exact) mass is 360 g/mol. The fraction of sp³-hybridized carbons (Fsp3) is 0.810. The molecule has 3 rings (SSSR count). The minimum Gasteiger partial charge on any atom is -0.349 e. The Morgan fingerprint density at radius 2 is 2.00 bits per heavy atom. The van der Waals surface area contributed by atoms with Gasteiger partial charge in [0.25, 0.3) is 0 Å². The minimum absolute atomic E-state index is 0.0197. The fourth-order valence-electron chi connectivity index (χ4n) is 4.56. The molecule has 26 heavy (non-hydrogen) atoms. The summed E-state index contributed by atoms with van der Waals surface area (Å²) in [6.45, 7) is 10.5. The maximum Gasteiger partial charge on any atom is 0.225 e. The van der Waals surface area contributed by atoms with E-state index in [-0.39, 0.29) is 17.4 Å². The molecule has 1 saturated heterocycles. The van der Waals surface area contributed by atoms with E-state index in [4.69, 9.17) is 0 Å². The number of piperidine rings is 1. The Bertz CT molecular complexity index is 583. The van der Waals surface area contributed by atoms with Crippen LogP contribution in [0.2, 0.25) is 0 Å². The van der Waals surface area contributed by atoms with Crippen LogP contribution in [0, 0.1) is 18.8 Å². The van der Waals surface area contributed by atoms with Crippen molar-refractivity contribution in [2.75, 3.05) is 19.6 Å². The summed E-state index contributed by atoms with van der Waals surface area (Å²) in [5, 5.41) is 3.51. The Morgan fingerprint density at radius 3 is 2.62 bits per heavy atom. The smallest absolute Gasteiger partial charge is 0.225 e. The number of aromatic nitrogens is 2. The van der Waals surface area contributed by atoms with Gasteiger partial charge in [0.1, 0.15) is 5.82 Å². The summed E-state index contributed by atoms with van der Waals surface area (Å²) in [4.78, 5) is 19.8. The van der Waals surface area contributed by atoms with Crippen molar-refractivity contribution >= 4 is 5.91 Å². The lowest BCUT2D eigenvalue weighted by molar-refractivity contribution is -0.127. The van der Waals surface area contributed by atoms with Crippen LogP contribution >= 0.6 is 0 Å². The highest BCUT2D eigenvalue weighted by molar-refractivity contribution is 5.79. The van der Waals surface area contributed by atoms with Crippen molar-refractivity contribution in [3.8, 4) is 0 Å². The molecule has 1 N–H and O–H groups in total. The molecule has 0 bridgehead atoms. The highest BCUT2D eigenvalue weighted by Gasteiger charge is 2.36. The average molecular weight is 361 g/mol. The minimum atomic E-state index is -0.0388. The van der Waals surface area contributed by atoms with Crippen molar-refractivity contribution in [3.05, 3.63) is 18.2 Å². The molecule has 0 aromatic carbocycles. The van der Waals surface area contributed by atoms with E-state index >= 15 is 0 Å². The topological polar surface area (TPSA) is 50.2 Å². The van der Waals surface area contributed by atoms with Gasteiger partial charge in [-0.1, -0.05) is 33.1 Å². The molecule has 1 aromatic rings. The Kier molecular flexibility index (Phi) is 6.38. The highest BCUT2D eigenvalue weighted by Crippen LogP contribution is 2.31. The number of rotatable bonds is 6. The molecule has 2 heterocycles. The molecule has 0 spiro atoms. The van der Waals surface area contributed by atoms with Crippen LogP contribution < -0.4 is 5.32 Å². The van der Waals surface area contributed by atoms with Crippen molar-refractivity contribution < 1.29 is 4.79 Å². The Labute approximate surface area is 158 Å². The van der Waals surface area contributed by atoms with E-state index in [0.29, 0.717) is 6.54 Å². The molecular weight excluding hydrogens is 324 g/mol. The zero-order valence-electron chi connectivity index (χ0n) is 16.8. The van der Waals surface area contributed by atoms with Gasteiger partial charge < -0.3 is 14.8 Å². The van der Waals surface area contributed by atoms with Crippen molar-refractivity contribution in [3.63, 3.8) is 0 Å². The SMILES string of the molecule is Cc1nccn1CC(C)C(=O)NC1(CN2CCC(C)CC2)CCCCC1. The molecule has 5 heteroatoms. The second kappa shape index (κ2) is 8.55. The van der Waals surface area contributed by atoms with Crippen LogP contribution in [-0.4, -0.2) is 45.5 Å². The molecule has 0 radical (unpaired) electrons. The molecule has 1 amide bonds. The van der Waals surface area contributed by atoms with Crippen LogP contribution in [0.3, 0.4) is 0 Å². The van der Waals surface area contributed by atoms with E-state index in [0.717, 1.165) is 31.1 Å². The summed E-state index contributed by atoms with van der Waals surface area (Å²) in [5.74, 6) is 1.98. The third-order valence-electron chi connectivity index (χ3n) is 6.44. The maximum absolute atomic E-state index is 13.0. The van der Waals surface area contributed by atoms with Gasteiger partial charge in [0.15, 0.2) is 0 Å².